The van der Waals surface area contributed by atoms with Crippen LogP contribution in [0, 0.1) is 6.92 Å². The smallest absolute Gasteiger partial charge is 0.278 e. The number of nitrogens with zero attached hydrogens (tertiary/aromatic N) is 3. The fraction of sp³-hybridized carbons (Fsp3) is 0.211. The maximum atomic E-state index is 13.1. The lowest BCUT2D eigenvalue weighted by Gasteiger charge is -2.25. The van der Waals surface area contributed by atoms with E-state index < -0.39 is 0 Å². The van der Waals surface area contributed by atoms with E-state index in [0.717, 1.165) is 16.3 Å². The summed E-state index contributed by atoms with van der Waals surface area (Å²) in [5.41, 5.74) is 1.81. The average Bonchev–Trinajstić information content (AvgIpc) is 3.19. The van der Waals surface area contributed by atoms with Gasteiger partial charge in [0.1, 0.15) is 18.9 Å². The number of aromatic nitrogens is 2. The minimum Gasteiger partial charge on any atom is -0.486 e. The van der Waals surface area contributed by atoms with Gasteiger partial charge in [0.25, 0.3) is 5.91 Å². The van der Waals surface area contributed by atoms with Crippen LogP contribution in [0.2, 0.25) is 0 Å². The highest BCUT2D eigenvalue weighted by Crippen LogP contribution is 2.35. The summed E-state index contributed by atoms with van der Waals surface area (Å²) in [6.45, 7) is 3.32. The average molecular weight is 367 g/mol. The molecular formula is C19H17N3O3S. The molecule has 0 atom stereocenters. The molecule has 2 aromatic heterocycles. The monoisotopic (exact) mass is 367 g/mol. The molecule has 26 heavy (non-hydrogen) atoms. The number of benzene rings is 1. The number of aryl methyl sites for hydroxylation is 1. The fourth-order valence-electron chi connectivity index (χ4n) is 2.68. The molecule has 6 nitrogen and oxygen atoms in total. The van der Waals surface area contributed by atoms with E-state index in [0.29, 0.717) is 37.0 Å². The van der Waals surface area contributed by atoms with Crippen molar-refractivity contribution < 1.29 is 14.3 Å². The minimum absolute atomic E-state index is 0.206. The van der Waals surface area contributed by atoms with Gasteiger partial charge in [-0.3, -0.25) is 9.78 Å². The first-order chi connectivity index (χ1) is 12.7. The van der Waals surface area contributed by atoms with Gasteiger partial charge in [-0.05, 0) is 30.5 Å². The second-order valence-electron chi connectivity index (χ2n) is 5.84. The van der Waals surface area contributed by atoms with Crippen molar-refractivity contribution in [3.8, 4) is 11.5 Å². The summed E-state index contributed by atoms with van der Waals surface area (Å²) in [6, 6.07) is 9.50. The van der Waals surface area contributed by atoms with Gasteiger partial charge in [-0.2, -0.15) is 0 Å². The summed E-state index contributed by atoms with van der Waals surface area (Å²) in [5, 5.41) is 1.99. The highest BCUT2D eigenvalue weighted by molar-refractivity contribution is 7.09. The van der Waals surface area contributed by atoms with Crippen LogP contribution in [0.5, 0.6) is 11.5 Å². The molecule has 0 N–H and O–H groups in total. The predicted octanol–water partition coefficient (Wildman–Crippen LogP) is 3.46. The molecule has 3 heterocycles. The van der Waals surface area contributed by atoms with Crippen LogP contribution in [-0.2, 0) is 6.54 Å². The molecule has 0 bridgehead atoms. The largest absolute Gasteiger partial charge is 0.486 e. The van der Waals surface area contributed by atoms with E-state index in [1.165, 1.54) is 6.20 Å². The summed E-state index contributed by atoms with van der Waals surface area (Å²) in [6.07, 6.45) is 3.11. The van der Waals surface area contributed by atoms with Crippen LogP contribution in [0.3, 0.4) is 0 Å². The number of carbonyl (C=O) groups excluding carboxylic acids is 1. The molecule has 0 fully saturated rings. The Morgan fingerprint density at radius 3 is 2.73 bits per heavy atom. The van der Waals surface area contributed by atoms with Crippen molar-refractivity contribution in [3.63, 3.8) is 0 Å². The van der Waals surface area contributed by atoms with E-state index in [2.05, 4.69) is 9.97 Å². The van der Waals surface area contributed by atoms with E-state index in [4.69, 9.17) is 9.47 Å². The first kappa shape index (κ1) is 16.5. The normalized spacial score (nSPS) is 12.7. The van der Waals surface area contributed by atoms with Gasteiger partial charge in [-0.1, -0.05) is 6.07 Å². The van der Waals surface area contributed by atoms with Crippen LogP contribution in [-0.4, -0.2) is 29.1 Å². The number of hydrogen-bond acceptors (Lipinski definition) is 6. The maximum absolute atomic E-state index is 13.1. The number of carbonyl (C=O) groups is 1. The van der Waals surface area contributed by atoms with Gasteiger partial charge in [0.15, 0.2) is 11.5 Å². The number of thiophene rings is 1. The molecule has 0 radical (unpaired) electrons. The van der Waals surface area contributed by atoms with E-state index in [1.54, 1.807) is 22.4 Å². The Balaban J connectivity index is 1.70. The highest BCUT2D eigenvalue weighted by atomic mass is 32.1. The second kappa shape index (κ2) is 7.13. The number of rotatable bonds is 4. The van der Waals surface area contributed by atoms with Crippen molar-refractivity contribution >= 4 is 22.9 Å². The van der Waals surface area contributed by atoms with Crippen molar-refractivity contribution in [2.45, 2.75) is 13.5 Å². The van der Waals surface area contributed by atoms with Gasteiger partial charge in [-0.25, -0.2) is 4.98 Å². The van der Waals surface area contributed by atoms with Crippen molar-refractivity contribution in [3.05, 3.63) is 64.4 Å². The van der Waals surface area contributed by atoms with Crippen LogP contribution < -0.4 is 14.4 Å². The summed E-state index contributed by atoms with van der Waals surface area (Å²) in [7, 11) is 0. The Hall–Kier alpha value is -2.93. The lowest BCUT2D eigenvalue weighted by molar-refractivity contribution is 0.0980. The molecule has 3 aromatic rings. The molecule has 1 aromatic carbocycles. The van der Waals surface area contributed by atoms with Crippen LogP contribution >= 0.6 is 11.3 Å². The second-order valence-corrected chi connectivity index (χ2v) is 6.87. The molecule has 1 aliphatic heterocycles. The molecule has 0 saturated heterocycles. The Bertz CT molecular complexity index is 910. The van der Waals surface area contributed by atoms with Crippen LogP contribution in [0.15, 0.2) is 48.1 Å². The van der Waals surface area contributed by atoms with Crippen molar-refractivity contribution in [1.82, 2.24) is 9.97 Å². The fourth-order valence-corrected chi connectivity index (χ4v) is 3.37. The molecule has 7 heteroatoms. The van der Waals surface area contributed by atoms with Gasteiger partial charge in [0, 0.05) is 22.8 Å². The molecule has 0 spiro atoms. The van der Waals surface area contributed by atoms with Crippen molar-refractivity contribution in [2.24, 2.45) is 0 Å². The Morgan fingerprint density at radius 2 is 2.00 bits per heavy atom. The Morgan fingerprint density at radius 1 is 1.15 bits per heavy atom. The number of fused-ring (bicyclic) bond motifs is 1. The summed E-state index contributed by atoms with van der Waals surface area (Å²) in [5.74, 6) is 1.13. The number of anilines is 1. The zero-order valence-corrected chi connectivity index (χ0v) is 15.0. The third-order valence-electron chi connectivity index (χ3n) is 3.98. The molecule has 4 rings (SSSR count). The van der Waals surface area contributed by atoms with E-state index >= 15 is 0 Å². The highest BCUT2D eigenvalue weighted by Gasteiger charge is 2.22. The minimum atomic E-state index is -0.206. The van der Waals surface area contributed by atoms with Gasteiger partial charge < -0.3 is 14.4 Å². The van der Waals surface area contributed by atoms with Gasteiger partial charge >= 0.3 is 0 Å². The van der Waals surface area contributed by atoms with Crippen LogP contribution in [0.25, 0.3) is 0 Å². The molecule has 0 saturated carbocycles. The number of amides is 1. The molecule has 1 amide bonds. The van der Waals surface area contributed by atoms with Crippen LogP contribution in [0.4, 0.5) is 5.69 Å². The third kappa shape index (κ3) is 3.39. The zero-order chi connectivity index (χ0) is 17.9. The topological polar surface area (TPSA) is 64.6 Å². The molecular weight excluding hydrogens is 350 g/mol. The lowest BCUT2D eigenvalue weighted by atomic mass is 10.2. The standard InChI is InChI=1S/C19H17N3O3S/c1-13-10-21-16(11-20-13)19(23)22(12-15-3-2-8-26-15)14-4-5-17-18(9-14)25-7-6-24-17/h2-5,8-11H,6-7,12H2,1H3. The SMILES string of the molecule is Cc1cnc(C(=O)N(Cc2cccs2)c2ccc3c(c2)OCCO3)cn1. The van der Waals surface area contributed by atoms with E-state index in [9.17, 15) is 4.79 Å². The van der Waals surface area contributed by atoms with Gasteiger partial charge in [-0.15, -0.1) is 11.3 Å². The quantitative estimate of drug-likeness (QED) is 0.706. The Kier molecular flexibility index (Phi) is 4.53. The Labute approximate surface area is 155 Å². The first-order valence-electron chi connectivity index (χ1n) is 8.23. The number of hydrogen-bond donors (Lipinski definition) is 0. The predicted molar refractivity (Wildman–Crippen MR) is 99.0 cm³/mol. The summed E-state index contributed by atoms with van der Waals surface area (Å²) in [4.78, 5) is 24.3. The number of ether oxygens (including phenoxy) is 2. The maximum Gasteiger partial charge on any atom is 0.278 e. The molecule has 0 unspecified atom stereocenters. The summed E-state index contributed by atoms with van der Waals surface area (Å²) < 4.78 is 11.2. The van der Waals surface area contributed by atoms with Crippen molar-refractivity contribution in [2.75, 3.05) is 18.1 Å². The first-order valence-corrected chi connectivity index (χ1v) is 9.11. The van der Waals surface area contributed by atoms with E-state index in [1.807, 2.05) is 42.6 Å². The van der Waals surface area contributed by atoms with Crippen LogP contribution in [0.1, 0.15) is 21.1 Å². The van der Waals surface area contributed by atoms with Gasteiger partial charge in [0.05, 0.1) is 18.4 Å². The molecule has 1 aliphatic rings. The molecule has 0 aliphatic carbocycles. The molecule has 132 valence electrons. The van der Waals surface area contributed by atoms with Gasteiger partial charge in [0.2, 0.25) is 0 Å². The lowest BCUT2D eigenvalue weighted by Crippen LogP contribution is -2.31. The van der Waals surface area contributed by atoms with E-state index in [-0.39, 0.29) is 5.91 Å². The third-order valence-corrected chi connectivity index (χ3v) is 4.84. The zero-order valence-electron chi connectivity index (χ0n) is 14.2. The van der Waals surface area contributed by atoms with Crippen molar-refractivity contribution in [1.29, 1.82) is 0 Å². The summed E-state index contributed by atoms with van der Waals surface area (Å²) >= 11 is 1.60.